The van der Waals surface area contributed by atoms with E-state index in [4.69, 9.17) is 0 Å². The summed E-state index contributed by atoms with van der Waals surface area (Å²) >= 11 is 0. The van der Waals surface area contributed by atoms with Crippen LogP contribution < -0.4 is 5.32 Å². The summed E-state index contributed by atoms with van der Waals surface area (Å²) in [6.45, 7) is 7.83. The van der Waals surface area contributed by atoms with Crippen LogP contribution in [-0.4, -0.2) is 21.1 Å². The lowest BCUT2D eigenvalue weighted by molar-refractivity contribution is 0.748. The molecule has 2 aromatic rings. The topological polar surface area (TPSA) is 42.7 Å². The molecule has 4 nitrogen and oxygen atoms in total. The normalized spacial score (nSPS) is 10.5. The Morgan fingerprint density at radius 3 is 2.76 bits per heavy atom. The third-order valence-electron chi connectivity index (χ3n) is 2.84. The predicted molar refractivity (Wildman–Crippen MR) is 69.2 cm³/mol. The van der Waals surface area contributed by atoms with Crippen LogP contribution in [-0.2, 0) is 6.54 Å². The van der Waals surface area contributed by atoms with Gasteiger partial charge in [-0.15, -0.1) is 0 Å². The summed E-state index contributed by atoms with van der Waals surface area (Å²) in [4.78, 5) is 8.84. The molecular formula is C13H18N4. The van der Waals surface area contributed by atoms with Gasteiger partial charge in [0.25, 0.3) is 0 Å². The molecule has 0 atom stereocenters. The summed E-state index contributed by atoms with van der Waals surface area (Å²) in [6, 6.07) is 6.05. The van der Waals surface area contributed by atoms with Crippen molar-refractivity contribution in [3.05, 3.63) is 41.6 Å². The Balaban J connectivity index is 2.18. The van der Waals surface area contributed by atoms with Crippen LogP contribution in [0.5, 0.6) is 0 Å². The number of hydrogen-bond acceptors (Lipinski definition) is 3. The van der Waals surface area contributed by atoms with Gasteiger partial charge in [-0.2, -0.15) is 0 Å². The van der Waals surface area contributed by atoms with Crippen LogP contribution in [0.3, 0.4) is 0 Å². The fourth-order valence-electron chi connectivity index (χ4n) is 1.73. The van der Waals surface area contributed by atoms with Crippen LogP contribution >= 0.6 is 0 Å². The lowest BCUT2D eigenvalue weighted by Crippen LogP contribution is -2.05. The van der Waals surface area contributed by atoms with Crippen molar-refractivity contribution in [2.45, 2.75) is 27.3 Å². The molecule has 1 N–H and O–H groups in total. The molecule has 0 aliphatic carbocycles. The minimum atomic E-state index is 0.770. The SMILES string of the molecule is CCNc1cccc(Cn2cnc(C)c2C)n1. The monoisotopic (exact) mass is 230 g/mol. The van der Waals surface area contributed by atoms with Crippen LogP contribution in [0.2, 0.25) is 0 Å². The minimum Gasteiger partial charge on any atom is -0.370 e. The quantitative estimate of drug-likeness (QED) is 0.877. The van der Waals surface area contributed by atoms with Crippen molar-refractivity contribution >= 4 is 5.82 Å². The molecule has 2 rings (SSSR count). The Morgan fingerprint density at radius 2 is 2.12 bits per heavy atom. The number of pyridine rings is 1. The molecule has 2 heterocycles. The number of nitrogens with one attached hydrogen (secondary N) is 1. The highest BCUT2D eigenvalue weighted by Gasteiger charge is 2.04. The first-order chi connectivity index (χ1) is 8.20. The van der Waals surface area contributed by atoms with E-state index in [0.29, 0.717) is 0 Å². The molecule has 0 unspecified atom stereocenters. The first kappa shape index (κ1) is 11.6. The summed E-state index contributed by atoms with van der Waals surface area (Å²) in [5.74, 6) is 0.930. The van der Waals surface area contributed by atoms with Crippen LogP contribution in [0, 0.1) is 13.8 Å². The van der Waals surface area contributed by atoms with Gasteiger partial charge in [0.1, 0.15) is 5.82 Å². The second-order valence-corrected chi connectivity index (χ2v) is 4.09. The van der Waals surface area contributed by atoms with Gasteiger partial charge < -0.3 is 9.88 Å². The zero-order valence-electron chi connectivity index (χ0n) is 10.6. The Labute approximate surface area is 102 Å². The highest BCUT2D eigenvalue weighted by atomic mass is 15.1. The number of hydrogen-bond donors (Lipinski definition) is 1. The predicted octanol–water partition coefficient (Wildman–Crippen LogP) is 2.38. The number of anilines is 1. The maximum Gasteiger partial charge on any atom is 0.126 e. The number of imidazole rings is 1. The summed E-state index contributed by atoms with van der Waals surface area (Å²) < 4.78 is 2.12. The van der Waals surface area contributed by atoms with Gasteiger partial charge in [0.2, 0.25) is 0 Å². The van der Waals surface area contributed by atoms with Crippen molar-refractivity contribution in [3.8, 4) is 0 Å². The van der Waals surface area contributed by atoms with Gasteiger partial charge in [-0.3, -0.25) is 0 Å². The second kappa shape index (κ2) is 4.99. The molecule has 0 fully saturated rings. The van der Waals surface area contributed by atoms with Gasteiger partial charge >= 0.3 is 0 Å². The van der Waals surface area contributed by atoms with E-state index in [2.05, 4.69) is 33.7 Å². The van der Waals surface area contributed by atoms with Crippen molar-refractivity contribution < 1.29 is 0 Å². The van der Waals surface area contributed by atoms with E-state index in [-0.39, 0.29) is 0 Å². The van der Waals surface area contributed by atoms with Gasteiger partial charge in [-0.05, 0) is 32.9 Å². The largest absolute Gasteiger partial charge is 0.370 e. The van der Waals surface area contributed by atoms with E-state index >= 15 is 0 Å². The highest BCUT2D eigenvalue weighted by molar-refractivity contribution is 5.35. The zero-order chi connectivity index (χ0) is 12.3. The van der Waals surface area contributed by atoms with E-state index in [0.717, 1.165) is 30.3 Å². The molecule has 2 aromatic heterocycles. The van der Waals surface area contributed by atoms with Gasteiger partial charge in [-0.25, -0.2) is 9.97 Å². The van der Waals surface area contributed by atoms with Gasteiger partial charge in [-0.1, -0.05) is 6.07 Å². The summed E-state index contributed by atoms with van der Waals surface area (Å²) in [5, 5.41) is 3.22. The first-order valence-corrected chi connectivity index (χ1v) is 5.89. The fraction of sp³-hybridized carbons (Fsp3) is 0.385. The summed E-state index contributed by atoms with van der Waals surface area (Å²) in [6.07, 6.45) is 1.87. The molecule has 0 bridgehead atoms. The molecule has 4 heteroatoms. The molecular weight excluding hydrogens is 212 g/mol. The van der Waals surface area contributed by atoms with Crippen molar-refractivity contribution in [1.82, 2.24) is 14.5 Å². The molecule has 0 aliphatic heterocycles. The van der Waals surface area contributed by atoms with Crippen molar-refractivity contribution in [1.29, 1.82) is 0 Å². The van der Waals surface area contributed by atoms with Crippen LogP contribution in [0.1, 0.15) is 24.0 Å². The van der Waals surface area contributed by atoms with E-state index in [1.807, 2.05) is 31.5 Å². The standard InChI is InChI=1S/C13H18N4/c1-4-14-13-7-5-6-12(16-13)8-17-9-15-10(2)11(17)3/h5-7,9H,4,8H2,1-3H3,(H,14,16). The summed E-state index contributed by atoms with van der Waals surface area (Å²) in [5.41, 5.74) is 3.32. The molecule has 0 aliphatic rings. The number of nitrogens with zero attached hydrogens (tertiary/aromatic N) is 3. The van der Waals surface area contributed by atoms with Crippen LogP contribution in [0.25, 0.3) is 0 Å². The molecule has 0 radical (unpaired) electrons. The maximum atomic E-state index is 4.55. The van der Waals surface area contributed by atoms with E-state index in [1.54, 1.807) is 0 Å². The van der Waals surface area contributed by atoms with E-state index in [1.165, 1.54) is 5.69 Å². The van der Waals surface area contributed by atoms with Crippen molar-refractivity contribution in [3.63, 3.8) is 0 Å². The molecule has 0 amide bonds. The minimum absolute atomic E-state index is 0.770. The van der Waals surface area contributed by atoms with Crippen molar-refractivity contribution in [2.75, 3.05) is 11.9 Å². The highest BCUT2D eigenvalue weighted by Crippen LogP contribution is 2.09. The van der Waals surface area contributed by atoms with Gasteiger partial charge in [0.15, 0.2) is 0 Å². The lowest BCUT2D eigenvalue weighted by atomic mass is 10.3. The molecule has 0 aromatic carbocycles. The zero-order valence-corrected chi connectivity index (χ0v) is 10.6. The van der Waals surface area contributed by atoms with Crippen LogP contribution in [0.4, 0.5) is 5.82 Å². The van der Waals surface area contributed by atoms with Gasteiger partial charge in [0.05, 0.1) is 24.3 Å². The molecule has 0 saturated carbocycles. The number of aromatic nitrogens is 3. The third-order valence-corrected chi connectivity index (χ3v) is 2.84. The second-order valence-electron chi connectivity index (χ2n) is 4.09. The molecule has 90 valence electrons. The molecule has 0 spiro atoms. The lowest BCUT2D eigenvalue weighted by Gasteiger charge is -2.07. The smallest absolute Gasteiger partial charge is 0.126 e. The molecule has 17 heavy (non-hydrogen) atoms. The number of aryl methyl sites for hydroxylation is 1. The van der Waals surface area contributed by atoms with Crippen LogP contribution in [0.15, 0.2) is 24.5 Å². The Hall–Kier alpha value is -1.84. The van der Waals surface area contributed by atoms with E-state index < -0.39 is 0 Å². The van der Waals surface area contributed by atoms with Crippen molar-refractivity contribution in [2.24, 2.45) is 0 Å². The molecule has 0 saturated heterocycles. The maximum absolute atomic E-state index is 4.55. The summed E-state index contributed by atoms with van der Waals surface area (Å²) in [7, 11) is 0. The Kier molecular flexibility index (Phi) is 3.42. The Bertz CT molecular complexity index is 502. The van der Waals surface area contributed by atoms with Gasteiger partial charge in [0, 0.05) is 12.2 Å². The third kappa shape index (κ3) is 2.64. The average molecular weight is 230 g/mol. The first-order valence-electron chi connectivity index (χ1n) is 5.89. The van der Waals surface area contributed by atoms with E-state index in [9.17, 15) is 0 Å². The number of rotatable bonds is 4. The average Bonchev–Trinajstić information content (AvgIpc) is 2.62. The fourth-order valence-corrected chi connectivity index (χ4v) is 1.73. The Morgan fingerprint density at radius 1 is 1.29 bits per heavy atom.